The minimum absolute atomic E-state index is 0.104. The van der Waals surface area contributed by atoms with E-state index in [4.69, 9.17) is 5.73 Å². The minimum atomic E-state index is -3.65. The summed E-state index contributed by atoms with van der Waals surface area (Å²) >= 11 is 0. The van der Waals surface area contributed by atoms with Crippen LogP contribution in [0.4, 0.5) is 8.78 Å². The van der Waals surface area contributed by atoms with E-state index >= 15 is 0 Å². The summed E-state index contributed by atoms with van der Waals surface area (Å²) in [5.41, 5.74) is 5.55. The Morgan fingerprint density at radius 2 is 1.70 bits per heavy atom. The fourth-order valence-electron chi connectivity index (χ4n) is 1.85. The van der Waals surface area contributed by atoms with Gasteiger partial charge in [-0.1, -0.05) is 18.2 Å². The number of hydrogen-bond donors (Lipinski definition) is 1. The topological polar surface area (TPSA) is 60.2 Å². The van der Waals surface area contributed by atoms with Gasteiger partial charge >= 0.3 is 0 Å². The summed E-state index contributed by atoms with van der Waals surface area (Å²) in [4.78, 5) is 0.104. The van der Waals surface area contributed by atoms with E-state index in [9.17, 15) is 17.2 Å². The third-order valence-corrected chi connectivity index (χ3v) is 4.65. The van der Waals surface area contributed by atoms with Crippen LogP contribution in [0.5, 0.6) is 0 Å². The maximum absolute atomic E-state index is 13.6. The van der Waals surface area contributed by atoms with Gasteiger partial charge in [-0.3, -0.25) is 0 Å². The first-order valence-electron chi connectivity index (χ1n) is 5.88. The van der Waals surface area contributed by atoms with Crippen LogP contribution in [-0.2, 0) is 9.84 Å². The predicted molar refractivity (Wildman–Crippen MR) is 71.8 cm³/mol. The minimum Gasteiger partial charge on any atom is -0.323 e. The molecule has 2 rings (SSSR count). The van der Waals surface area contributed by atoms with E-state index in [-0.39, 0.29) is 10.5 Å². The number of hydrogen-bond acceptors (Lipinski definition) is 3. The summed E-state index contributed by atoms with van der Waals surface area (Å²) in [6, 6.07) is 9.40. The molecule has 2 aromatic rings. The van der Waals surface area contributed by atoms with E-state index in [1.807, 2.05) is 0 Å². The van der Waals surface area contributed by atoms with Crippen molar-refractivity contribution in [1.29, 1.82) is 0 Å². The van der Waals surface area contributed by atoms with Crippen LogP contribution in [0, 0.1) is 11.6 Å². The molecule has 1 unspecified atom stereocenters. The van der Waals surface area contributed by atoms with E-state index < -0.39 is 33.3 Å². The highest BCUT2D eigenvalue weighted by molar-refractivity contribution is 7.91. The van der Waals surface area contributed by atoms with Crippen LogP contribution < -0.4 is 5.73 Å². The Labute approximate surface area is 116 Å². The predicted octanol–water partition coefficient (Wildman–Crippen LogP) is 2.44. The molecule has 0 spiro atoms. The van der Waals surface area contributed by atoms with Crippen LogP contribution in [0.3, 0.4) is 0 Å². The van der Waals surface area contributed by atoms with E-state index in [1.54, 1.807) is 18.2 Å². The monoisotopic (exact) mass is 297 g/mol. The molecule has 0 aliphatic rings. The Hall–Kier alpha value is -1.79. The fraction of sp³-hybridized carbons (Fsp3) is 0.143. The molecule has 2 N–H and O–H groups in total. The van der Waals surface area contributed by atoms with Gasteiger partial charge in [0.2, 0.25) is 0 Å². The highest BCUT2D eigenvalue weighted by Crippen LogP contribution is 2.21. The SMILES string of the molecule is NC(CS(=O)(=O)c1ccccc1)c1cc(F)ccc1F. The molecule has 6 heteroatoms. The van der Waals surface area contributed by atoms with Gasteiger partial charge in [0.15, 0.2) is 9.84 Å². The van der Waals surface area contributed by atoms with Crippen LogP contribution in [0.1, 0.15) is 11.6 Å². The summed E-state index contributed by atoms with van der Waals surface area (Å²) in [7, 11) is -3.65. The van der Waals surface area contributed by atoms with Gasteiger partial charge in [-0.15, -0.1) is 0 Å². The second kappa shape index (κ2) is 5.68. The molecule has 2 aromatic carbocycles. The van der Waals surface area contributed by atoms with Gasteiger partial charge < -0.3 is 5.73 Å². The van der Waals surface area contributed by atoms with Gasteiger partial charge in [0.05, 0.1) is 10.6 Å². The molecule has 1 atom stereocenters. The van der Waals surface area contributed by atoms with Crippen molar-refractivity contribution < 1.29 is 17.2 Å². The third-order valence-electron chi connectivity index (χ3n) is 2.86. The number of benzene rings is 2. The number of rotatable bonds is 4. The van der Waals surface area contributed by atoms with E-state index in [1.165, 1.54) is 12.1 Å². The Bertz CT molecular complexity index is 702. The van der Waals surface area contributed by atoms with Gasteiger partial charge in [-0.2, -0.15) is 0 Å². The van der Waals surface area contributed by atoms with Gasteiger partial charge in [-0.05, 0) is 30.3 Å². The lowest BCUT2D eigenvalue weighted by Crippen LogP contribution is -2.23. The van der Waals surface area contributed by atoms with Gasteiger partial charge in [0.1, 0.15) is 11.6 Å². The molecule has 0 saturated heterocycles. The van der Waals surface area contributed by atoms with Crippen molar-refractivity contribution in [2.24, 2.45) is 5.73 Å². The van der Waals surface area contributed by atoms with E-state index in [2.05, 4.69) is 0 Å². The van der Waals surface area contributed by atoms with Crippen molar-refractivity contribution in [2.45, 2.75) is 10.9 Å². The molecule has 0 amide bonds. The van der Waals surface area contributed by atoms with Crippen molar-refractivity contribution in [3.63, 3.8) is 0 Å². The first-order valence-corrected chi connectivity index (χ1v) is 7.54. The maximum atomic E-state index is 13.6. The molecule has 0 heterocycles. The smallest absolute Gasteiger partial charge is 0.180 e. The molecule has 0 saturated carbocycles. The zero-order valence-electron chi connectivity index (χ0n) is 10.5. The molecule has 0 fully saturated rings. The highest BCUT2D eigenvalue weighted by Gasteiger charge is 2.22. The molecule has 0 aliphatic carbocycles. The Balaban J connectivity index is 2.28. The lowest BCUT2D eigenvalue weighted by atomic mass is 10.1. The molecular formula is C14H13F2NO2S. The lowest BCUT2D eigenvalue weighted by Gasteiger charge is -2.13. The summed E-state index contributed by atoms with van der Waals surface area (Å²) in [6.45, 7) is 0. The fourth-order valence-corrected chi connectivity index (χ4v) is 3.27. The van der Waals surface area contributed by atoms with E-state index in [0.29, 0.717) is 0 Å². The summed E-state index contributed by atoms with van der Waals surface area (Å²) < 4.78 is 50.9. The van der Waals surface area contributed by atoms with Crippen LogP contribution >= 0.6 is 0 Å². The average molecular weight is 297 g/mol. The summed E-state index contributed by atoms with van der Waals surface area (Å²) in [5.74, 6) is -1.87. The second-order valence-corrected chi connectivity index (χ2v) is 6.40. The molecule has 20 heavy (non-hydrogen) atoms. The van der Waals surface area contributed by atoms with Crippen molar-refractivity contribution in [3.05, 3.63) is 65.7 Å². The van der Waals surface area contributed by atoms with Crippen LogP contribution in [-0.4, -0.2) is 14.2 Å². The largest absolute Gasteiger partial charge is 0.323 e. The maximum Gasteiger partial charge on any atom is 0.180 e. The standard InChI is InChI=1S/C14H13F2NO2S/c15-10-6-7-13(16)12(8-10)14(17)9-20(18,19)11-4-2-1-3-5-11/h1-8,14H,9,17H2. The molecule has 106 valence electrons. The number of nitrogens with two attached hydrogens (primary N) is 1. The van der Waals surface area contributed by atoms with Crippen LogP contribution in [0.2, 0.25) is 0 Å². The molecule has 0 aromatic heterocycles. The normalized spacial score (nSPS) is 13.2. The first-order chi connectivity index (χ1) is 9.40. The Morgan fingerprint density at radius 1 is 1.05 bits per heavy atom. The Kier molecular flexibility index (Phi) is 4.15. The zero-order valence-corrected chi connectivity index (χ0v) is 11.3. The van der Waals surface area contributed by atoms with Crippen LogP contribution in [0.15, 0.2) is 53.4 Å². The van der Waals surface area contributed by atoms with Crippen LogP contribution in [0.25, 0.3) is 0 Å². The van der Waals surface area contributed by atoms with E-state index in [0.717, 1.165) is 18.2 Å². The summed E-state index contributed by atoms with van der Waals surface area (Å²) in [5, 5.41) is 0. The highest BCUT2D eigenvalue weighted by atomic mass is 32.2. The second-order valence-electron chi connectivity index (χ2n) is 4.37. The lowest BCUT2D eigenvalue weighted by molar-refractivity contribution is 0.562. The van der Waals surface area contributed by atoms with Gasteiger partial charge in [0.25, 0.3) is 0 Å². The molecule has 0 aliphatic heterocycles. The first kappa shape index (κ1) is 14.6. The molecule has 0 radical (unpaired) electrons. The van der Waals surface area contributed by atoms with Gasteiger partial charge in [-0.25, -0.2) is 17.2 Å². The molecule has 0 bridgehead atoms. The van der Waals surface area contributed by atoms with Crippen molar-refractivity contribution in [2.75, 3.05) is 5.75 Å². The average Bonchev–Trinajstić information content (AvgIpc) is 2.42. The molecular weight excluding hydrogens is 284 g/mol. The quantitative estimate of drug-likeness (QED) is 0.943. The zero-order chi connectivity index (χ0) is 14.8. The van der Waals surface area contributed by atoms with Crippen molar-refractivity contribution in [3.8, 4) is 0 Å². The number of sulfone groups is 1. The van der Waals surface area contributed by atoms with Crippen molar-refractivity contribution >= 4 is 9.84 Å². The van der Waals surface area contributed by atoms with Crippen molar-refractivity contribution in [1.82, 2.24) is 0 Å². The third kappa shape index (κ3) is 3.20. The van der Waals surface area contributed by atoms with Gasteiger partial charge in [0, 0.05) is 11.6 Å². The molecule has 3 nitrogen and oxygen atoms in total. The Morgan fingerprint density at radius 3 is 2.35 bits per heavy atom. The summed E-state index contributed by atoms with van der Waals surface area (Å²) in [6.07, 6.45) is 0. The number of halogens is 2.